The molecule has 0 aromatic heterocycles. The second kappa shape index (κ2) is 7.34. The zero-order valence-electron chi connectivity index (χ0n) is 12.0. The van der Waals surface area contributed by atoms with Crippen LogP contribution in [0.2, 0.25) is 0 Å². The molecule has 1 amide bonds. The van der Waals surface area contributed by atoms with Gasteiger partial charge in [-0.3, -0.25) is 4.79 Å². The lowest BCUT2D eigenvalue weighted by Crippen LogP contribution is -2.56. The number of amides is 1. The maximum atomic E-state index is 12.2. The van der Waals surface area contributed by atoms with Gasteiger partial charge >= 0.3 is 5.97 Å². The molecule has 4 nitrogen and oxygen atoms in total. The lowest BCUT2D eigenvalue weighted by molar-refractivity contribution is -0.148. The number of nitrogens with one attached hydrogen (secondary N) is 1. The van der Waals surface area contributed by atoms with Crippen LogP contribution in [0.15, 0.2) is 0 Å². The monoisotopic (exact) mass is 299 g/mol. The summed E-state index contributed by atoms with van der Waals surface area (Å²) in [5, 5.41) is 12.3. The van der Waals surface area contributed by atoms with E-state index in [4.69, 9.17) is 0 Å². The molecular formula is C15H25NO3S. The Morgan fingerprint density at radius 3 is 2.25 bits per heavy atom. The highest BCUT2D eigenvalue weighted by Crippen LogP contribution is 2.29. The van der Waals surface area contributed by atoms with Crippen molar-refractivity contribution >= 4 is 23.6 Å². The SMILES string of the molecule is O=C(CC1CCCCCC1)NC1(C(=O)O)CCSCC1. The van der Waals surface area contributed by atoms with Gasteiger partial charge in [-0.2, -0.15) is 11.8 Å². The van der Waals surface area contributed by atoms with Crippen LogP contribution < -0.4 is 5.32 Å². The van der Waals surface area contributed by atoms with Crippen molar-refractivity contribution in [3.8, 4) is 0 Å². The molecule has 0 aromatic carbocycles. The molecule has 0 atom stereocenters. The van der Waals surface area contributed by atoms with Crippen molar-refractivity contribution in [3.05, 3.63) is 0 Å². The van der Waals surface area contributed by atoms with Crippen LogP contribution in [0.3, 0.4) is 0 Å². The first-order valence-corrected chi connectivity index (χ1v) is 8.90. The topological polar surface area (TPSA) is 66.4 Å². The molecule has 1 aliphatic carbocycles. The quantitative estimate of drug-likeness (QED) is 0.783. The van der Waals surface area contributed by atoms with Gasteiger partial charge in [-0.1, -0.05) is 25.7 Å². The van der Waals surface area contributed by atoms with Crippen LogP contribution in [0, 0.1) is 5.92 Å². The molecule has 2 rings (SSSR count). The lowest BCUT2D eigenvalue weighted by Gasteiger charge is -2.34. The fourth-order valence-electron chi connectivity index (χ4n) is 3.26. The van der Waals surface area contributed by atoms with E-state index in [2.05, 4.69) is 5.32 Å². The van der Waals surface area contributed by atoms with Gasteiger partial charge in [0.2, 0.25) is 5.91 Å². The highest BCUT2D eigenvalue weighted by Gasteiger charge is 2.41. The Morgan fingerprint density at radius 1 is 1.10 bits per heavy atom. The normalized spacial score (nSPS) is 23.8. The van der Waals surface area contributed by atoms with Crippen molar-refractivity contribution in [3.63, 3.8) is 0 Å². The Labute approximate surface area is 125 Å². The third-order valence-electron chi connectivity index (χ3n) is 4.58. The van der Waals surface area contributed by atoms with Crippen LogP contribution in [0.5, 0.6) is 0 Å². The van der Waals surface area contributed by atoms with E-state index in [1.54, 1.807) is 11.8 Å². The Balaban J connectivity index is 1.89. The molecular weight excluding hydrogens is 274 g/mol. The number of rotatable bonds is 4. The van der Waals surface area contributed by atoms with Gasteiger partial charge in [0.1, 0.15) is 5.54 Å². The summed E-state index contributed by atoms with van der Waals surface area (Å²) in [7, 11) is 0. The summed E-state index contributed by atoms with van der Waals surface area (Å²) in [6.45, 7) is 0. The second-order valence-electron chi connectivity index (χ2n) is 6.11. The zero-order chi connectivity index (χ0) is 14.4. The Morgan fingerprint density at radius 2 is 1.70 bits per heavy atom. The lowest BCUT2D eigenvalue weighted by atomic mass is 9.90. The molecule has 20 heavy (non-hydrogen) atoms. The van der Waals surface area contributed by atoms with E-state index in [9.17, 15) is 14.7 Å². The van der Waals surface area contributed by atoms with Gasteiger partial charge in [-0.05, 0) is 43.1 Å². The number of aliphatic carboxylic acids is 1. The first-order valence-electron chi connectivity index (χ1n) is 7.74. The molecule has 5 heteroatoms. The van der Waals surface area contributed by atoms with Crippen LogP contribution in [-0.2, 0) is 9.59 Å². The van der Waals surface area contributed by atoms with Gasteiger partial charge in [0.05, 0.1) is 0 Å². The van der Waals surface area contributed by atoms with E-state index >= 15 is 0 Å². The van der Waals surface area contributed by atoms with E-state index in [1.165, 1.54) is 25.7 Å². The van der Waals surface area contributed by atoms with Crippen molar-refractivity contribution in [2.75, 3.05) is 11.5 Å². The van der Waals surface area contributed by atoms with E-state index in [-0.39, 0.29) is 5.91 Å². The molecule has 0 unspecified atom stereocenters. The molecule has 114 valence electrons. The summed E-state index contributed by atoms with van der Waals surface area (Å²) in [6, 6.07) is 0. The average molecular weight is 299 g/mol. The van der Waals surface area contributed by atoms with Gasteiger partial charge in [0.25, 0.3) is 0 Å². The van der Waals surface area contributed by atoms with Crippen LogP contribution in [-0.4, -0.2) is 34.0 Å². The number of thioether (sulfide) groups is 1. The summed E-state index contributed by atoms with van der Waals surface area (Å²) in [6.07, 6.45) is 8.78. The van der Waals surface area contributed by atoms with Crippen LogP contribution in [0.1, 0.15) is 57.8 Å². The molecule has 0 bridgehead atoms. The van der Waals surface area contributed by atoms with Gasteiger partial charge in [0.15, 0.2) is 0 Å². The summed E-state index contributed by atoms with van der Waals surface area (Å²) in [4.78, 5) is 23.8. The highest BCUT2D eigenvalue weighted by atomic mass is 32.2. The van der Waals surface area contributed by atoms with Gasteiger partial charge in [-0.25, -0.2) is 4.79 Å². The predicted octanol–water partition coefficient (Wildman–Crippen LogP) is 2.81. The number of carboxylic acids is 1. The van der Waals surface area contributed by atoms with E-state index in [0.717, 1.165) is 24.3 Å². The number of hydrogen-bond donors (Lipinski definition) is 2. The smallest absolute Gasteiger partial charge is 0.329 e. The first kappa shape index (κ1) is 15.7. The standard InChI is InChI=1S/C15H25NO3S/c17-13(11-12-5-3-1-2-4-6-12)16-15(14(18)19)7-9-20-10-8-15/h12H,1-11H2,(H,16,17)(H,18,19). The number of carbonyl (C=O) groups is 2. The molecule has 1 heterocycles. The third-order valence-corrected chi connectivity index (χ3v) is 5.57. The minimum Gasteiger partial charge on any atom is -0.480 e. The van der Waals surface area contributed by atoms with Crippen LogP contribution in [0.25, 0.3) is 0 Å². The number of hydrogen-bond acceptors (Lipinski definition) is 3. The van der Waals surface area contributed by atoms with Crippen LogP contribution >= 0.6 is 11.8 Å². The summed E-state index contributed by atoms with van der Waals surface area (Å²) in [5.41, 5.74) is -1.01. The van der Waals surface area contributed by atoms with Gasteiger partial charge in [-0.15, -0.1) is 0 Å². The van der Waals surface area contributed by atoms with Crippen molar-refractivity contribution in [1.82, 2.24) is 5.32 Å². The zero-order valence-corrected chi connectivity index (χ0v) is 12.8. The van der Waals surface area contributed by atoms with Crippen molar-refractivity contribution in [2.45, 2.75) is 63.3 Å². The van der Waals surface area contributed by atoms with Crippen molar-refractivity contribution < 1.29 is 14.7 Å². The summed E-state index contributed by atoms with van der Waals surface area (Å²) >= 11 is 1.77. The van der Waals surface area contributed by atoms with Crippen molar-refractivity contribution in [1.29, 1.82) is 0 Å². The minimum atomic E-state index is -1.01. The second-order valence-corrected chi connectivity index (χ2v) is 7.33. The number of carboxylic acid groups (broad SMARTS) is 1. The summed E-state index contributed by atoms with van der Waals surface area (Å²) in [5.74, 6) is 1.14. The molecule has 2 N–H and O–H groups in total. The molecule has 1 aliphatic heterocycles. The molecule has 2 aliphatic rings. The Hall–Kier alpha value is -0.710. The maximum absolute atomic E-state index is 12.2. The largest absolute Gasteiger partial charge is 0.480 e. The van der Waals surface area contributed by atoms with Gasteiger partial charge < -0.3 is 10.4 Å². The minimum absolute atomic E-state index is 0.0637. The predicted molar refractivity (Wildman–Crippen MR) is 80.9 cm³/mol. The Kier molecular flexibility index (Phi) is 5.75. The number of carbonyl (C=O) groups excluding carboxylic acids is 1. The maximum Gasteiger partial charge on any atom is 0.329 e. The Bertz CT molecular complexity index is 345. The van der Waals surface area contributed by atoms with E-state index < -0.39 is 11.5 Å². The summed E-state index contributed by atoms with van der Waals surface area (Å²) < 4.78 is 0. The first-order chi connectivity index (χ1) is 9.62. The third kappa shape index (κ3) is 4.14. The van der Waals surface area contributed by atoms with E-state index in [0.29, 0.717) is 25.2 Å². The molecule has 1 saturated heterocycles. The fourth-order valence-corrected chi connectivity index (χ4v) is 4.45. The molecule has 0 aromatic rings. The molecule has 1 saturated carbocycles. The van der Waals surface area contributed by atoms with Crippen molar-refractivity contribution in [2.24, 2.45) is 5.92 Å². The molecule has 0 spiro atoms. The molecule has 0 radical (unpaired) electrons. The van der Waals surface area contributed by atoms with Gasteiger partial charge in [0, 0.05) is 6.42 Å². The molecule has 2 fully saturated rings. The average Bonchev–Trinajstić information content (AvgIpc) is 2.68. The fraction of sp³-hybridized carbons (Fsp3) is 0.867. The highest BCUT2D eigenvalue weighted by molar-refractivity contribution is 7.99. The van der Waals surface area contributed by atoms with E-state index in [1.807, 2.05) is 0 Å². The van der Waals surface area contributed by atoms with Crippen LogP contribution in [0.4, 0.5) is 0 Å².